The summed E-state index contributed by atoms with van der Waals surface area (Å²) in [6.07, 6.45) is 0. The average molecular weight is 341 g/mol. The molecule has 1 aliphatic rings. The molecule has 7 heteroatoms. The minimum atomic E-state index is -0.284. The highest BCUT2D eigenvalue weighted by Gasteiger charge is 2.29. The van der Waals surface area contributed by atoms with Crippen LogP contribution in [0.25, 0.3) is 0 Å². The number of anilines is 2. The molecule has 23 heavy (non-hydrogen) atoms. The van der Waals surface area contributed by atoms with Gasteiger partial charge in [-0.05, 0) is 45.0 Å². The molecule has 0 aliphatic carbocycles. The molecule has 0 aromatic heterocycles. The minimum Gasteiger partial charge on any atom is -0.336 e. The number of urea groups is 1. The third kappa shape index (κ3) is 5.41. The zero-order valence-electron chi connectivity index (χ0n) is 13.7. The monoisotopic (exact) mass is 340 g/mol. The van der Waals surface area contributed by atoms with Gasteiger partial charge >= 0.3 is 6.03 Å². The highest BCUT2D eigenvalue weighted by Crippen LogP contribution is 2.23. The highest BCUT2D eigenvalue weighted by atomic mass is 35.5. The van der Waals surface area contributed by atoms with Crippen LogP contribution in [0.5, 0.6) is 0 Å². The van der Waals surface area contributed by atoms with Crippen LogP contribution in [0.2, 0.25) is 0 Å². The van der Waals surface area contributed by atoms with Crippen molar-refractivity contribution >= 4 is 35.7 Å². The lowest BCUT2D eigenvalue weighted by molar-refractivity contribution is -0.121. The molecular weight excluding hydrogens is 316 g/mol. The molecule has 6 nitrogen and oxygen atoms in total. The predicted octanol–water partition coefficient (Wildman–Crippen LogP) is 2.43. The molecule has 1 unspecified atom stereocenters. The van der Waals surface area contributed by atoms with Crippen molar-refractivity contribution in [2.45, 2.75) is 26.8 Å². The molecule has 1 aromatic carbocycles. The van der Waals surface area contributed by atoms with E-state index in [0.717, 1.165) is 13.1 Å². The number of hydrogen-bond donors (Lipinski definition) is 4. The third-order valence-corrected chi connectivity index (χ3v) is 3.79. The lowest BCUT2D eigenvalue weighted by atomic mass is 9.88. The fourth-order valence-corrected chi connectivity index (χ4v) is 2.25. The number of amides is 3. The first kappa shape index (κ1) is 19.3. The number of hydrogen-bond acceptors (Lipinski definition) is 3. The van der Waals surface area contributed by atoms with E-state index in [1.54, 1.807) is 12.1 Å². The van der Waals surface area contributed by atoms with Gasteiger partial charge in [-0.1, -0.05) is 19.1 Å². The van der Waals surface area contributed by atoms with E-state index in [-0.39, 0.29) is 36.3 Å². The number of rotatable bonds is 5. The SMILES string of the molecule is CC(C)NC(=O)Nc1ccccc1NC(=O)C(C)C1CNC1.Cl. The van der Waals surface area contributed by atoms with Crippen molar-refractivity contribution in [3.8, 4) is 0 Å². The van der Waals surface area contributed by atoms with Gasteiger partial charge in [0.05, 0.1) is 11.4 Å². The van der Waals surface area contributed by atoms with Crippen LogP contribution in [0.15, 0.2) is 24.3 Å². The second-order valence-electron chi connectivity index (χ2n) is 5.99. The molecule has 1 aliphatic heterocycles. The van der Waals surface area contributed by atoms with E-state index >= 15 is 0 Å². The van der Waals surface area contributed by atoms with Crippen LogP contribution in [0.3, 0.4) is 0 Å². The topological polar surface area (TPSA) is 82.3 Å². The van der Waals surface area contributed by atoms with Gasteiger partial charge in [0.25, 0.3) is 0 Å². The Morgan fingerprint density at radius 1 is 1.09 bits per heavy atom. The van der Waals surface area contributed by atoms with Crippen molar-refractivity contribution in [2.24, 2.45) is 11.8 Å². The van der Waals surface area contributed by atoms with E-state index < -0.39 is 0 Å². The Kier molecular flexibility index (Phi) is 7.32. The summed E-state index contributed by atoms with van der Waals surface area (Å²) >= 11 is 0. The maximum atomic E-state index is 12.3. The van der Waals surface area contributed by atoms with Gasteiger partial charge in [0.1, 0.15) is 0 Å². The van der Waals surface area contributed by atoms with E-state index in [1.807, 2.05) is 32.9 Å². The lowest BCUT2D eigenvalue weighted by Crippen LogP contribution is -2.48. The van der Waals surface area contributed by atoms with Gasteiger partial charge in [-0.25, -0.2) is 4.79 Å². The molecule has 128 valence electrons. The quantitative estimate of drug-likeness (QED) is 0.664. The summed E-state index contributed by atoms with van der Waals surface area (Å²) in [4.78, 5) is 24.1. The fraction of sp³-hybridized carbons (Fsp3) is 0.500. The summed E-state index contributed by atoms with van der Waals surface area (Å²) in [5, 5.41) is 11.6. The minimum absolute atomic E-state index is 0. The Bertz CT molecular complexity index is 547. The molecule has 1 saturated heterocycles. The van der Waals surface area contributed by atoms with Gasteiger partial charge in [0.2, 0.25) is 5.91 Å². The van der Waals surface area contributed by atoms with E-state index in [2.05, 4.69) is 21.3 Å². The van der Waals surface area contributed by atoms with Crippen LogP contribution >= 0.6 is 12.4 Å². The summed E-state index contributed by atoms with van der Waals surface area (Å²) in [6.45, 7) is 7.47. The Morgan fingerprint density at radius 2 is 1.65 bits per heavy atom. The molecule has 1 fully saturated rings. The van der Waals surface area contributed by atoms with Crippen molar-refractivity contribution in [1.29, 1.82) is 0 Å². The largest absolute Gasteiger partial charge is 0.336 e. The first-order chi connectivity index (χ1) is 10.5. The van der Waals surface area contributed by atoms with Gasteiger partial charge in [0, 0.05) is 12.0 Å². The maximum Gasteiger partial charge on any atom is 0.319 e. The molecular formula is C16H25ClN4O2. The Balaban J connectivity index is 0.00000264. The third-order valence-electron chi connectivity index (χ3n) is 3.79. The molecule has 0 radical (unpaired) electrons. The van der Waals surface area contributed by atoms with Gasteiger partial charge < -0.3 is 21.3 Å². The van der Waals surface area contributed by atoms with Crippen LogP contribution in [0.1, 0.15) is 20.8 Å². The molecule has 1 heterocycles. The molecule has 4 N–H and O–H groups in total. The van der Waals surface area contributed by atoms with Crippen LogP contribution in [-0.2, 0) is 4.79 Å². The van der Waals surface area contributed by atoms with Crippen molar-refractivity contribution in [2.75, 3.05) is 23.7 Å². The van der Waals surface area contributed by atoms with E-state index in [0.29, 0.717) is 17.3 Å². The van der Waals surface area contributed by atoms with Crippen LogP contribution in [0.4, 0.5) is 16.2 Å². The average Bonchev–Trinajstić information content (AvgIpc) is 2.37. The molecule has 1 aromatic rings. The number of nitrogens with one attached hydrogen (secondary N) is 4. The normalized spacial score (nSPS) is 15.1. The van der Waals surface area contributed by atoms with E-state index in [4.69, 9.17) is 0 Å². The number of carbonyl (C=O) groups is 2. The molecule has 1 atom stereocenters. The molecule has 0 spiro atoms. The van der Waals surface area contributed by atoms with Crippen molar-refractivity contribution < 1.29 is 9.59 Å². The molecule has 3 amide bonds. The summed E-state index contributed by atoms with van der Waals surface area (Å²) in [6, 6.07) is 6.97. The van der Waals surface area contributed by atoms with Crippen molar-refractivity contribution in [3.05, 3.63) is 24.3 Å². The smallest absolute Gasteiger partial charge is 0.319 e. The summed E-state index contributed by atoms with van der Waals surface area (Å²) in [5.74, 6) is 0.299. The number of halogens is 1. The summed E-state index contributed by atoms with van der Waals surface area (Å²) in [7, 11) is 0. The van der Waals surface area contributed by atoms with Gasteiger partial charge in [-0.2, -0.15) is 0 Å². The van der Waals surface area contributed by atoms with E-state index in [9.17, 15) is 9.59 Å². The van der Waals surface area contributed by atoms with Crippen molar-refractivity contribution in [3.63, 3.8) is 0 Å². The number of carbonyl (C=O) groups excluding carboxylic acids is 2. The first-order valence-corrected chi connectivity index (χ1v) is 7.65. The standard InChI is InChI=1S/C16H24N4O2.ClH/c1-10(2)18-16(22)20-14-7-5-4-6-13(14)19-15(21)11(3)12-8-17-9-12;/h4-7,10-12,17H,8-9H2,1-3H3,(H,19,21)(H2,18,20,22);1H. The predicted molar refractivity (Wildman–Crippen MR) is 95.1 cm³/mol. The molecule has 0 saturated carbocycles. The Morgan fingerprint density at radius 3 is 2.13 bits per heavy atom. The van der Waals surface area contributed by atoms with E-state index in [1.165, 1.54) is 0 Å². The molecule has 2 rings (SSSR count). The second kappa shape index (κ2) is 8.74. The maximum absolute atomic E-state index is 12.3. The van der Waals surface area contributed by atoms with Gasteiger partial charge in [-0.3, -0.25) is 4.79 Å². The zero-order chi connectivity index (χ0) is 16.1. The Hall–Kier alpha value is -1.79. The summed E-state index contributed by atoms with van der Waals surface area (Å²) < 4.78 is 0. The van der Waals surface area contributed by atoms with Crippen LogP contribution < -0.4 is 21.3 Å². The fourth-order valence-electron chi connectivity index (χ4n) is 2.25. The highest BCUT2D eigenvalue weighted by molar-refractivity contribution is 5.99. The second-order valence-corrected chi connectivity index (χ2v) is 5.99. The number of benzene rings is 1. The van der Waals surface area contributed by atoms with Gasteiger partial charge in [-0.15, -0.1) is 12.4 Å². The molecule has 0 bridgehead atoms. The zero-order valence-corrected chi connectivity index (χ0v) is 14.5. The Labute approximate surface area is 143 Å². The van der Waals surface area contributed by atoms with Crippen LogP contribution in [0, 0.1) is 11.8 Å². The number of para-hydroxylation sites is 2. The first-order valence-electron chi connectivity index (χ1n) is 7.65. The van der Waals surface area contributed by atoms with Crippen molar-refractivity contribution in [1.82, 2.24) is 10.6 Å². The van der Waals surface area contributed by atoms with Crippen LogP contribution in [-0.4, -0.2) is 31.1 Å². The summed E-state index contributed by atoms with van der Waals surface area (Å²) in [5.41, 5.74) is 1.21. The van der Waals surface area contributed by atoms with Gasteiger partial charge in [0.15, 0.2) is 0 Å². The lowest BCUT2D eigenvalue weighted by Gasteiger charge is -2.31.